The van der Waals surface area contributed by atoms with Crippen LogP contribution in [0.15, 0.2) is 24.3 Å². The van der Waals surface area contributed by atoms with Crippen LogP contribution in [-0.4, -0.2) is 23.5 Å². The van der Waals surface area contributed by atoms with Crippen molar-refractivity contribution >= 4 is 11.9 Å². The summed E-state index contributed by atoms with van der Waals surface area (Å²) >= 11 is 0. The lowest BCUT2D eigenvalue weighted by Crippen LogP contribution is -2.26. The van der Waals surface area contributed by atoms with Gasteiger partial charge < -0.3 is 10.4 Å². The number of alkyl halides is 3. The molecular weight excluding hydrogens is 311 g/mol. The minimum absolute atomic E-state index is 0.0312. The molecular formula is C16H18F3NO3. The van der Waals surface area contributed by atoms with E-state index in [1.54, 1.807) is 0 Å². The van der Waals surface area contributed by atoms with Gasteiger partial charge in [0, 0.05) is 18.9 Å². The van der Waals surface area contributed by atoms with Gasteiger partial charge in [0.2, 0.25) is 5.91 Å². The van der Waals surface area contributed by atoms with E-state index in [0.717, 1.165) is 17.7 Å². The summed E-state index contributed by atoms with van der Waals surface area (Å²) in [5.74, 6) is -1.21. The van der Waals surface area contributed by atoms with Crippen molar-refractivity contribution in [3.05, 3.63) is 35.4 Å². The number of carboxylic acid groups (broad SMARTS) is 1. The largest absolute Gasteiger partial charge is 0.481 e. The molecule has 0 bridgehead atoms. The second-order valence-electron chi connectivity index (χ2n) is 5.71. The number of benzene rings is 1. The maximum atomic E-state index is 12.5. The second-order valence-corrected chi connectivity index (χ2v) is 5.71. The summed E-state index contributed by atoms with van der Waals surface area (Å²) in [4.78, 5) is 22.2. The van der Waals surface area contributed by atoms with E-state index >= 15 is 0 Å². The zero-order valence-electron chi connectivity index (χ0n) is 12.4. The molecule has 126 valence electrons. The first-order valence-corrected chi connectivity index (χ1v) is 7.45. The van der Waals surface area contributed by atoms with Crippen LogP contribution >= 0.6 is 0 Å². The number of unbranched alkanes of at least 4 members (excludes halogenated alkanes) is 1. The predicted molar refractivity (Wildman–Crippen MR) is 76.8 cm³/mol. The van der Waals surface area contributed by atoms with Gasteiger partial charge in [-0.15, -0.1) is 0 Å². The number of amides is 1. The third-order valence-electron chi connectivity index (χ3n) is 3.91. The van der Waals surface area contributed by atoms with Crippen LogP contribution in [0.5, 0.6) is 0 Å². The molecule has 0 spiro atoms. The predicted octanol–water partition coefficient (Wildman–Crippen LogP) is 3.18. The zero-order valence-corrected chi connectivity index (χ0v) is 12.4. The number of hydrogen-bond donors (Lipinski definition) is 2. The Hall–Kier alpha value is -2.05. The first-order valence-electron chi connectivity index (χ1n) is 7.45. The number of carbonyl (C=O) groups is 2. The zero-order chi connectivity index (χ0) is 17.0. The molecule has 1 aliphatic carbocycles. The number of halogens is 3. The normalized spacial score (nSPS) is 20.1. The fourth-order valence-electron chi connectivity index (χ4n) is 2.52. The fourth-order valence-corrected chi connectivity index (χ4v) is 2.52. The van der Waals surface area contributed by atoms with Gasteiger partial charge in [0.1, 0.15) is 0 Å². The number of rotatable bonds is 7. The minimum atomic E-state index is -4.35. The van der Waals surface area contributed by atoms with Crippen LogP contribution in [0.25, 0.3) is 0 Å². The van der Waals surface area contributed by atoms with Crippen LogP contribution in [0, 0.1) is 5.92 Å². The molecule has 1 aromatic carbocycles. The van der Waals surface area contributed by atoms with Crippen LogP contribution in [-0.2, 0) is 15.8 Å². The summed E-state index contributed by atoms with van der Waals surface area (Å²) in [7, 11) is 0. The lowest BCUT2D eigenvalue weighted by Gasteiger charge is -2.08. The third-order valence-corrected chi connectivity index (χ3v) is 3.91. The molecule has 0 aromatic heterocycles. The molecule has 4 nitrogen and oxygen atoms in total. The lowest BCUT2D eigenvalue weighted by atomic mass is 10.1. The highest BCUT2D eigenvalue weighted by molar-refractivity contribution is 5.82. The summed E-state index contributed by atoms with van der Waals surface area (Å²) in [6.45, 7) is 0.419. The molecule has 0 radical (unpaired) electrons. The summed E-state index contributed by atoms with van der Waals surface area (Å²) < 4.78 is 37.5. The maximum absolute atomic E-state index is 12.5. The van der Waals surface area contributed by atoms with Crippen LogP contribution < -0.4 is 5.32 Å². The standard InChI is InChI=1S/C16H18F3NO3/c17-16(18,19)11-6-4-10(5-7-11)12-9-13(12)15(23)20-8-2-1-3-14(21)22/h4-7,12-13H,1-3,8-9H2,(H,20,23)(H,21,22). The topological polar surface area (TPSA) is 66.4 Å². The van der Waals surface area contributed by atoms with Gasteiger partial charge in [-0.1, -0.05) is 12.1 Å². The van der Waals surface area contributed by atoms with E-state index in [1.165, 1.54) is 12.1 Å². The summed E-state index contributed by atoms with van der Waals surface area (Å²) in [6.07, 6.45) is -2.55. The molecule has 2 atom stereocenters. The Balaban J connectivity index is 1.76. The van der Waals surface area contributed by atoms with E-state index in [-0.39, 0.29) is 24.2 Å². The van der Waals surface area contributed by atoms with Crippen molar-refractivity contribution in [2.75, 3.05) is 6.54 Å². The van der Waals surface area contributed by atoms with E-state index in [4.69, 9.17) is 5.11 Å². The summed E-state index contributed by atoms with van der Waals surface area (Å²) in [5.41, 5.74) is 0.0466. The summed E-state index contributed by atoms with van der Waals surface area (Å²) in [5, 5.41) is 11.2. The van der Waals surface area contributed by atoms with Crippen LogP contribution in [0.4, 0.5) is 13.2 Å². The fraction of sp³-hybridized carbons (Fsp3) is 0.500. The number of carboxylic acids is 1. The van der Waals surface area contributed by atoms with Crippen molar-refractivity contribution in [3.63, 3.8) is 0 Å². The highest BCUT2D eigenvalue weighted by Crippen LogP contribution is 2.47. The molecule has 0 saturated heterocycles. The molecule has 7 heteroatoms. The van der Waals surface area contributed by atoms with E-state index in [1.807, 2.05) is 0 Å². The molecule has 1 aliphatic rings. The number of aliphatic carboxylic acids is 1. The highest BCUT2D eigenvalue weighted by atomic mass is 19.4. The van der Waals surface area contributed by atoms with Crippen molar-refractivity contribution in [2.24, 2.45) is 5.92 Å². The van der Waals surface area contributed by atoms with Crippen molar-refractivity contribution in [1.82, 2.24) is 5.32 Å². The van der Waals surface area contributed by atoms with Crippen molar-refractivity contribution in [1.29, 1.82) is 0 Å². The van der Waals surface area contributed by atoms with Crippen LogP contribution in [0.2, 0.25) is 0 Å². The average Bonchev–Trinajstić information content (AvgIpc) is 3.26. The molecule has 2 N–H and O–H groups in total. The average molecular weight is 329 g/mol. The molecule has 0 aliphatic heterocycles. The third kappa shape index (κ3) is 4.97. The van der Waals surface area contributed by atoms with Gasteiger partial charge in [-0.3, -0.25) is 9.59 Å². The molecule has 2 unspecified atom stereocenters. The quantitative estimate of drug-likeness (QED) is 0.755. The molecule has 1 fully saturated rings. The Morgan fingerprint density at radius 3 is 2.39 bits per heavy atom. The summed E-state index contributed by atoms with van der Waals surface area (Å²) in [6, 6.07) is 4.92. The molecule has 1 aromatic rings. The minimum Gasteiger partial charge on any atom is -0.481 e. The highest BCUT2D eigenvalue weighted by Gasteiger charge is 2.44. The Kier molecular flexibility index (Phi) is 5.28. The molecule has 23 heavy (non-hydrogen) atoms. The van der Waals surface area contributed by atoms with E-state index < -0.39 is 17.7 Å². The van der Waals surface area contributed by atoms with E-state index in [9.17, 15) is 22.8 Å². The van der Waals surface area contributed by atoms with Gasteiger partial charge in [-0.2, -0.15) is 13.2 Å². The molecule has 1 amide bonds. The Morgan fingerprint density at radius 1 is 1.17 bits per heavy atom. The SMILES string of the molecule is O=C(O)CCCCNC(=O)C1CC1c1ccc(C(F)(F)F)cc1. The smallest absolute Gasteiger partial charge is 0.416 e. The second kappa shape index (κ2) is 7.02. The first-order chi connectivity index (χ1) is 10.8. The lowest BCUT2D eigenvalue weighted by molar-refractivity contribution is -0.138. The van der Waals surface area contributed by atoms with Crippen LogP contribution in [0.1, 0.15) is 42.7 Å². The molecule has 2 rings (SSSR count). The van der Waals surface area contributed by atoms with Crippen molar-refractivity contribution in [2.45, 2.75) is 37.8 Å². The maximum Gasteiger partial charge on any atom is 0.416 e. The van der Waals surface area contributed by atoms with Gasteiger partial charge in [0.05, 0.1) is 5.56 Å². The van der Waals surface area contributed by atoms with E-state index in [2.05, 4.69) is 5.32 Å². The number of carbonyl (C=O) groups excluding carboxylic acids is 1. The number of nitrogens with one attached hydrogen (secondary N) is 1. The van der Waals surface area contributed by atoms with Gasteiger partial charge >= 0.3 is 12.1 Å². The number of hydrogen-bond acceptors (Lipinski definition) is 2. The first kappa shape index (κ1) is 17.3. The van der Waals surface area contributed by atoms with Crippen LogP contribution in [0.3, 0.4) is 0 Å². The Bertz CT molecular complexity index is 569. The van der Waals surface area contributed by atoms with Gasteiger partial charge in [0.15, 0.2) is 0 Å². The van der Waals surface area contributed by atoms with Crippen molar-refractivity contribution < 1.29 is 27.9 Å². The van der Waals surface area contributed by atoms with Gasteiger partial charge in [-0.25, -0.2) is 0 Å². The monoisotopic (exact) mass is 329 g/mol. The van der Waals surface area contributed by atoms with Gasteiger partial charge in [-0.05, 0) is 42.9 Å². The Labute approximate surface area is 131 Å². The molecule has 0 heterocycles. The molecule has 1 saturated carbocycles. The Morgan fingerprint density at radius 2 is 1.83 bits per heavy atom. The van der Waals surface area contributed by atoms with E-state index in [0.29, 0.717) is 25.8 Å². The van der Waals surface area contributed by atoms with Crippen molar-refractivity contribution in [3.8, 4) is 0 Å². The van der Waals surface area contributed by atoms with Gasteiger partial charge in [0.25, 0.3) is 0 Å².